The molecule has 7 nitrogen and oxygen atoms in total. The highest BCUT2D eigenvalue weighted by Crippen LogP contribution is 2.47. The highest BCUT2D eigenvalue weighted by Gasteiger charge is 2.37. The summed E-state index contributed by atoms with van der Waals surface area (Å²) in [5.74, 6) is 1.03. The van der Waals surface area contributed by atoms with Crippen molar-refractivity contribution in [3.63, 3.8) is 0 Å². The Bertz CT molecular complexity index is 2080. The second kappa shape index (κ2) is 11.7. The third-order valence-corrected chi connectivity index (χ3v) is 9.66. The van der Waals surface area contributed by atoms with Crippen LogP contribution in [0.15, 0.2) is 91.0 Å². The lowest BCUT2D eigenvalue weighted by Gasteiger charge is -2.25. The largest absolute Gasteiger partial charge is 0.489 e. The summed E-state index contributed by atoms with van der Waals surface area (Å²) < 4.78 is 6.44. The zero-order valence-corrected chi connectivity index (χ0v) is 26.0. The van der Waals surface area contributed by atoms with Crippen LogP contribution in [0.5, 0.6) is 5.75 Å². The molecule has 0 fully saturated rings. The van der Waals surface area contributed by atoms with Gasteiger partial charge in [-0.25, -0.2) is 0 Å². The number of halogens is 1. The van der Waals surface area contributed by atoms with Crippen molar-refractivity contribution in [1.82, 2.24) is 9.97 Å². The summed E-state index contributed by atoms with van der Waals surface area (Å²) >= 11 is 6.55. The summed E-state index contributed by atoms with van der Waals surface area (Å²) in [5, 5.41) is 4.80. The molecule has 1 aliphatic carbocycles. The van der Waals surface area contributed by atoms with Crippen LogP contribution >= 0.6 is 11.6 Å². The van der Waals surface area contributed by atoms with Gasteiger partial charge in [-0.05, 0) is 84.3 Å². The Kier molecular flexibility index (Phi) is 7.26. The van der Waals surface area contributed by atoms with Crippen LogP contribution in [0.4, 0.5) is 11.4 Å². The second-order valence-electron chi connectivity index (χ2n) is 12.2. The number of hydrogen-bond acceptors (Lipinski definition) is 3. The van der Waals surface area contributed by atoms with Gasteiger partial charge in [-0.2, -0.15) is 0 Å². The van der Waals surface area contributed by atoms with Crippen molar-refractivity contribution in [3.8, 4) is 5.75 Å². The Hall–Kier alpha value is -5.01. The van der Waals surface area contributed by atoms with Crippen molar-refractivity contribution in [2.45, 2.75) is 38.2 Å². The van der Waals surface area contributed by atoms with Crippen molar-refractivity contribution >= 4 is 56.6 Å². The van der Waals surface area contributed by atoms with Crippen LogP contribution < -0.4 is 15.0 Å². The highest BCUT2D eigenvalue weighted by molar-refractivity contribution is 6.19. The van der Waals surface area contributed by atoms with Gasteiger partial charge in [0.25, 0.3) is 11.8 Å². The number of aromatic amines is 2. The maximum atomic E-state index is 14.2. The lowest BCUT2D eigenvalue weighted by molar-refractivity contribution is 0.0982. The van der Waals surface area contributed by atoms with Crippen LogP contribution in [-0.4, -0.2) is 34.2 Å². The average Bonchev–Trinajstić information content (AvgIpc) is 3.82. The van der Waals surface area contributed by atoms with E-state index >= 15 is 0 Å². The molecule has 0 bridgehead atoms. The predicted molar refractivity (Wildman–Crippen MR) is 184 cm³/mol. The molecule has 2 aliphatic rings. The fourth-order valence-corrected chi connectivity index (χ4v) is 7.31. The molecule has 8 heteroatoms. The Morgan fingerprint density at radius 2 is 1.57 bits per heavy atom. The van der Waals surface area contributed by atoms with Gasteiger partial charge < -0.3 is 24.9 Å². The van der Waals surface area contributed by atoms with E-state index in [1.165, 1.54) is 16.7 Å². The predicted octanol–water partition coefficient (Wildman–Crippen LogP) is 8.34. The minimum Gasteiger partial charge on any atom is -0.489 e. The highest BCUT2D eigenvalue weighted by atomic mass is 35.5. The van der Waals surface area contributed by atoms with E-state index in [1.807, 2.05) is 77.7 Å². The Morgan fingerprint density at radius 1 is 0.826 bits per heavy atom. The molecule has 2 aromatic heterocycles. The van der Waals surface area contributed by atoms with E-state index in [2.05, 4.69) is 33.5 Å². The van der Waals surface area contributed by atoms with Crippen molar-refractivity contribution in [1.29, 1.82) is 0 Å². The van der Waals surface area contributed by atoms with E-state index < -0.39 is 0 Å². The molecule has 46 heavy (non-hydrogen) atoms. The van der Waals surface area contributed by atoms with Crippen LogP contribution in [-0.2, 0) is 19.4 Å². The van der Waals surface area contributed by atoms with Crippen LogP contribution in [0.25, 0.3) is 21.8 Å². The average molecular weight is 629 g/mol. The number of amides is 2. The molecule has 2 amide bonds. The first-order valence-electron chi connectivity index (χ1n) is 15.8. The quantitative estimate of drug-likeness (QED) is 0.155. The van der Waals surface area contributed by atoms with Gasteiger partial charge in [0.1, 0.15) is 23.7 Å². The number of ether oxygens (including phenoxy) is 1. The summed E-state index contributed by atoms with van der Waals surface area (Å²) in [6.45, 7) is 0.994. The number of benzene rings is 4. The molecule has 0 radical (unpaired) electrons. The third kappa shape index (κ3) is 5.11. The first-order chi connectivity index (χ1) is 22.6. The molecule has 0 saturated carbocycles. The zero-order chi connectivity index (χ0) is 31.2. The number of fused-ring (bicyclic) bond motifs is 5. The maximum absolute atomic E-state index is 14.2. The van der Waals surface area contributed by atoms with Crippen molar-refractivity contribution in [2.24, 2.45) is 0 Å². The summed E-state index contributed by atoms with van der Waals surface area (Å²) in [6.07, 6.45) is 4.18. The lowest BCUT2D eigenvalue weighted by Crippen LogP contribution is -2.30. The Morgan fingerprint density at radius 3 is 2.39 bits per heavy atom. The molecule has 0 spiro atoms. The first kappa shape index (κ1) is 28.5. The number of nitrogens with zero attached hydrogens (tertiary/aromatic N) is 1. The number of alkyl halides is 1. The number of anilines is 2. The Labute approximate surface area is 271 Å². The summed E-state index contributed by atoms with van der Waals surface area (Å²) in [6, 6.07) is 29.3. The minimum absolute atomic E-state index is 0.0615. The molecular weight excluding hydrogens is 596 g/mol. The number of para-hydroxylation sites is 1. The van der Waals surface area contributed by atoms with Gasteiger partial charge in [-0.3, -0.25) is 9.59 Å². The number of hydrogen-bond donors (Lipinski definition) is 3. The van der Waals surface area contributed by atoms with Crippen LogP contribution in [0.1, 0.15) is 62.0 Å². The number of aromatic nitrogens is 2. The Balaban J connectivity index is 1.08. The molecule has 1 atom stereocenters. The van der Waals surface area contributed by atoms with E-state index in [-0.39, 0.29) is 17.7 Å². The monoisotopic (exact) mass is 628 g/mol. The smallest absolute Gasteiger partial charge is 0.274 e. The van der Waals surface area contributed by atoms with E-state index in [4.69, 9.17) is 16.3 Å². The summed E-state index contributed by atoms with van der Waals surface area (Å²) in [7, 11) is 0. The number of nitrogens with one attached hydrogen (secondary N) is 3. The van der Waals surface area contributed by atoms with E-state index in [9.17, 15) is 9.59 Å². The van der Waals surface area contributed by atoms with Gasteiger partial charge >= 0.3 is 0 Å². The van der Waals surface area contributed by atoms with Crippen molar-refractivity contribution in [2.75, 3.05) is 22.6 Å². The zero-order valence-electron chi connectivity index (χ0n) is 25.2. The molecule has 4 aromatic carbocycles. The normalized spacial score (nSPS) is 15.6. The molecule has 3 heterocycles. The number of H-pyrrole nitrogens is 2. The van der Waals surface area contributed by atoms with E-state index in [0.717, 1.165) is 64.5 Å². The molecule has 230 valence electrons. The third-order valence-electron chi connectivity index (χ3n) is 9.29. The van der Waals surface area contributed by atoms with E-state index in [0.29, 0.717) is 36.1 Å². The number of carbonyl (C=O) groups is 2. The van der Waals surface area contributed by atoms with Gasteiger partial charge in [-0.15, -0.1) is 11.6 Å². The van der Waals surface area contributed by atoms with Crippen LogP contribution in [0.2, 0.25) is 0 Å². The fourth-order valence-electron chi connectivity index (χ4n) is 7.05. The molecular formula is C38H33ClN4O3. The standard InChI is InChI=1S/C38H33ClN4O3/c39-20-26-21-43(34-19-35(46-22-23-8-2-1-3-9-23)28-11-5-6-12-29(28)36(26)34)38(45)33-18-25-16-27(14-15-31(25)42-33)40-37(44)32-17-24-10-4-7-13-30(24)41-32/h1-4,7-10,13-19,26,41-42H,5-6,11-12,20-22H2,(H,40,44). The SMILES string of the molecule is O=C(Nc1ccc2[nH]c(C(=O)N3CC(CCl)c4c3cc(OCc3ccccc3)c3c4CCCC3)cc2c1)c1cc2ccccc2[nH]1. The lowest BCUT2D eigenvalue weighted by atomic mass is 9.84. The van der Waals surface area contributed by atoms with Gasteiger partial charge in [0, 0.05) is 51.9 Å². The van der Waals surface area contributed by atoms with Gasteiger partial charge in [0.05, 0.1) is 5.69 Å². The molecule has 6 aromatic rings. The second-order valence-corrected chi connectivity index (χ2v) is 12.5. The fraction of sp³-hybridized carbons (Fsp3) is 0.211. The summed E-state index contributed by atoms with van der Waals surface area (Å²) in [5.41, 5.74) is 9.11. The number of rotatable bonds is 7. The maximum Gasteiger partial charge on any atom is 0.274 e. The molecule has 1 aliphatic heterocycles. The first-order valence-corrected chi connectivity index (χ1v) is 16.3. The van der Waals surface area contributed by atoms with Crippen LogP contribution in [0.3, 0.4) is 0 Å². The van der Waals surface area contributed by atoms with Gasteiger partial charge in [0.15, 0.2) is 0 Å². The minimum atomic E-state index is -0.225. The number of carbonyl (C=O) groups excluding carboxylic acids is 2. The van der Waals surface area contributed by atoms with Crippen LogP contribution in [0, 0.1) is 0 Å². The van der Waals surface area contributed by atoms with Crippen molar-refractivity contribution < 1.29 is 14.3 Å². The van der Waals surface area contributed by atoms with Gasteiger partial charge in [0.2, 0.25) is 0 Å². The topological polar surface area (TPSA) is 90.2 Å². The van der Waals surface area contributed by atoms with Crippen molar-refractivity contribution in [3.05, 3.63) is 125 Å². The summed E-state index contributed by atoms with van der Waals surface area (Å²) in [4.78, 5) is 35.5. The molecule has 1 unspecified atom stereocenters. The van der Waals surface area contributed by atoms with E-state index in [1.54, 1.807) is 0 Å². The molecule has 8 rings (SSSR count). The molecule has 3 N–H and O–H groups in total. The molecule has 0 saturated heterocycles. The van der Waals surface area contributed by atoms with Gasteiger partial charge in [-0.1, -0.05) is 48.5 Å².